The van der Waals surface area contributed by atoms with E-state index in [1.807, 2.05) is 45.0 Å². The number of ether oxygens (including phenoxy) is 1. The zero-order chi connectivity index (χ0) is 16.5. The maximum absolute atomic E-state index is 11.8. The summed E-state index contributed by atoms with van der Waals surface area (Å²) in [6.07, 6.45) is 1.42. The number of carbonyl (C=O) groups is 2. The highest BCUT2D eigenvalue weighted by Gasteiger charge is 2.20. The molecule has 0 fully saturated rings. The van der Waals surface area contributed by atoms with Crippen LogP contribution < -0.4 is 10.1 Å². The molecule has 1 atom stereocenters. The minimum atomic E-state index is -1.00. The van der Waals surface area contributed by atoms with Crippen LogP contribution in [0.2, 0.25) is 0 Å². The molecule has 0 saturated carbocycles. The molecule has 1 rings (SSSR count). The largest absolute Gasteiger partial charge is 0.493 e. The van der Waals surface area contributed by atoms with Gasteiger partial charge in [-0.3, -0.25) is 4.79 Å². The number of benzene rings is 1. The molecule has 1 aromatic rings. The molecule has 2 N–H and O–H groups in total. The van der Waals surface area contributed by atoms with Crippen LogP contribution >= 0.6 is 0 Å². The van der Waals surface area contributed by atoms with E-state index in [0.717, 1.165) is 17.7 Å². The Hall–Kier alpha value is -2.04. The van der Waals surface area contributed by atoms with Crippen molar-refractivity contribution in [3.63, 3.8) is 0 Å². The zero-order valence-corrected chi connectivity index (χ0v) is 13.5. The van der Waals surface area contributed by atoms with E-state index in [2.05, 4.69) is 5.32 Å². The van der Waals surface area contributed by atoms with Crippen LogP contribution in [0.3, 0.4) is 0 Å². The summed E-state index contributed by atoms with van der Waals surface area (Å²) < 4.78 is 5.61. The average Bonchev–Trinajstić information content (AvgIpc) is 2.46. The molecule has 0 spiro atoms. The van der Waals surface area contributed by atoms with Gasteiger partial charge >= 0.3 is 5.97 Å². The third kappa shape index (κ3) is 6.16. The van der Waals surface area contributed by atoms with Gasteiger partial charge in [0.1, 0.15) is 11.8 Å². The smallest absolute Gasteiger partial charge is 0.326 e. The molecule has 0 heterocycles. The monoisotopic (exact) mass is 307 g/mol. The van der Waals surface area contributed by atoms with Crippen LogP contribution in [-0.4, -0.2) is 29.6 Å². The van der Waals surface area contributed by atoms with Crippen molar-refractivity contribution in [2.24, 2.45) is 5.92 Å². The molecule has 0 radical (unpaired) electrons. The van der Waals surface area contributed by atoms with E-state index in [0.29, 0.717) is 6.42 Å². The first-order valence-electron chi connectivity index (χ1n) is 7.66. The van der Waals surface area contributed by atoms with Gasteiger partial charge in [-0.05, 0) is 30.4 Å². The third-order valence-electron chi connectivity index (χ3n) is 3.28. The summed E-state index contributed by atoms with van der Waals surface area (Å²) in [5.41, 5.74) is 1.09. The summed E-state index contributed by atoms with van der Waals surface area (Å²) in [4.78, 5) is 22.9. The molecule has 0 aliphatic carbocycles. The second-order valence-corrected chi connectivity index (χ2v) is 5.65. The van der Waals surface area contributed by atoms with Gasteiger partial charge in [-0.1, -0.05) is 39.0 Å². The normalized spacial score (nSPS) is 12.0. The van der Waals surface area contributed by atoms with E-state index in [-0.39, 0.29) is 24.9 Å². The number of hydrogen-bond acceptors (Lipinski definition) is 3. The second kappa shape index (κ2) is 9.07. The van der Waals surface area contributed by atoms with Gasteiger partial charge in [0, 0.05) is 0 Å². The van der Waals surface area contributed by atoms with Gasteiger partial charge in [-0.2, -0.15) is 0 Å². The maximum Gasteiger partial charge on any atom is 0.326 e. The maximum atomic E-state index is 11.8. The highest BCUT2D eigenvalue weighted by molar-refractivity contribution is 5.83. The summed E-state index contributed by atoms with van der Waals surface area (Å²) in [6.45, 7) is 6.12. The standard InChI is InChI=1S/C17H25NO4/c1-4-13-7-5-6-8-15(13)22-10-9-16(19)18-14(17(20)21)11-12(2)3/h5-8,12,14H,4,9-11H2,1-3H3,(H,18,19)(H,20,21). The highest BCUT2D eigenvalue weighted by atomic mass is 16.5. The molecule has 22 heavy (non-hydrogen) atoms. The number of rotatable bonds is 9. The Morgan fingerprint density at radius 3 is 2.55 bits per heavy atom. The summed E-state index contributed by atoms with van der Waals surface area (Å²) >= 11 is 0. The van der Waals surface area contributed by atoms with E-state index in [9.17, 15) is 9.59 Å². The summed E-state index contributed by atoms with van der Waals surface area (Å²) in [7, 11) is 0. The lowest BCUT2D eigenvalue weighted by atomic mass is 10.0. The van der Waals surface area contributed by atoms with Crippen molar-refractivity contribution in [2.45, 2.75) is 46.1 Å². The molecular weight excluding hydrogens is 282 g/mol. The third-order valence-corrected chi connectivity index (χ3v) is 3.28. The molecule has 0 bridgehead atoms. The molecule has 1 amide bonds. The predicted octanol–water partition coefficient (Wildman–Crippen LogP) is 2.63. The Bertz CT molecular complexity index is 499. The number of carbonyl (C=O) groups excluding carboxylic acids is 1. The fourth-order valence-electron chi connectivity index (χ4n) is 2.15. The Morgan fingerprint density at radius 1 is 1.27 bits per heavy atom. The van der Waals surface area contributed by atoms with Crippen LogP contribution in [-0.2, 0) is 16.0 Å². The fraction of sp³-hybridized carbons (Fsp3) is 0.529. The molecule has 122 valence electrons. The van der Waals surface area contributed by atoms with Crippen LogP contribution in [0, 0.1) is 5.92 Å². The molecule has 0 aromatic heterocycles. The molecule has 0 aliphatic heterocycles. The van der Waals surface area contributed by atoms with Gasteiger partial charge in [-0.25, -0.2) is 4.79 Å². The summed E-state index contributed by atoms with van der Waals surface area (Å²) in [5.74, 6) is -0.329. The van der Waals surface area contributed by atoms with Gasteiger partial charge < -0.3 is 15.2 Å². The van der Waals surface area contributed by atoms with Gasteiger partial charge in [0.25, 0.3) is 0 Å². The number of carboxylic acid groups (broad SMARTS) is 1. The van der Waals surface area contributed by atoms with Crippen molar-refractivity contribution in [1.29, 1.82) is 0 Å². The minimum absolute atomic E-state index is 0.139. The van der Waals surface area contributed by atoms with Crippen molar-refractivity contribution in [2.75, 3.05) is 6.61 Å². The van der Waals surface area contributed by atoms with E-state index >= 15 is 0 Å². The quantitative estimate of drug-likeness (QED) is 0.735. The number of para-hydroxylation sites is 1. The molecule has 0 aliphatic rings. The molecule has 0 saturated heterocycles. The predicted molar refractivity (Wildman–Crippen MR) is 85.0 cm³/mol. The Kier molecular flexibility index (Phi) is 7.43. The van der Waals surface area contributed by atoms with Crippen molar-refractivity contribution in [3.8, 4) is 5.75 Å². The lowest BCUT2D eigenvalue weighted by Gasteiger charge is -2.16. The topological polar surface area (TPSA) is 75.6 Å². The van der Waals surface area contributed by atoms with Crippen molar-refractivity contribution in [1.82, 2.24) is 5.32 Å². The number of aliphatic carboxylic acids is 1. The Labute approximate surface area is 131 Å². The van der Waals surface area contributed by atoms with E-state index < -0.39 is 12.0 Å². The Balaban J connectivity index is 2.43. The molecule has 1 unspecified atom stereocenters. The number of aryl methyl sites for hydroxylation is 1. The summed E-state index contributed by atoms with van der Waals surface area (Å²) in [5, 5.41) is 11.6. The average molecular weight is 307 g/mol. The van der Waals surface area contributed by atoms with Crippen LogP contribution in [0.15, 0.2) is 24.3 Å². The van der Waals surface area contributed by atoms with Crippen molar-refractivity contribution < 1.29 is 19.4 Å². The number of carboxylic acids is 1. The lowest BCUT2D eigenvalue weighted by molar-refractivity contribution is -0.142. The van der Waals surface area contributed by atoms with Gasteiger partial charge in [0.05, 0.1) is 13.0 Å². The van der Waals surface area contributed by atoms with Crippen molar-refractivity contribution in [3.05, 3.63) is 29.8 Å². The molecule has 5 nitrogen and oxygen atoms in total. The van der Waals surface area contributed by atoms with E-state index in [1.165, 1.54) is 0 Å². The number of nitrogens with one attached hydrogen (secondary N) is 1. The van der Waals surface area contributed by atoms with Crippen LogP contribution in [0.4, 0.5) is 0 Å². The molecule has 5 heteroatoms. The minimum Gasteiger partial charge on any atom is -0.493 e. The van der Waals surface area contributed by atoms with Crippen LogP contribution in [0.1, 0.15) is 39.2 Å². The van der Waals surface area contributed by atoms with Crippen molar-refractivity contribution >= 4 is 11.9 Å². The summed E-state index contributed by atoms with van der Waals surface area (Å²) in [6, 6.07) is 6.85. The zero-order valence-electron chi connectivity index (χ0n) is 13.5. The first kappa shape index (κ1) is 18.0. The first-order chi connectivity index (χ1) is 10.4. The number of amides is 1. The lowest BCUT2D eigenvalue weighted by Crippen LogP contribution is -2.42. The van der Waals surface area contributed by atoms with Gasteiger partial charge in [-0.15, -0.1) is 0 Å². The van der Waals surface area contributed by atoms with Gasteiger partial charge in [0.2, 0.25) is 5.91 Å². The fourth-order valence-corrected chi connectivity index (χ4v) is 2.15. The Morgan fingerprint density at radius 2 is 1.95 bits per heavy atom. The van der Waals surface area contributed by atoms with E-state index in [4.69, 9.17) is 9.84 Å². The first-order valence-corrected chi connectivity index (χ1v) is 7.66. The SMILES string of the molecule is CCc1ccccc1OCCC(=O)NC(CC(C)C)C(=O)O. The molecule has 1 aromatic carbocycles. The second-order valence-electron chi connectivity index (χ2n) is 5.65. The van der Waals surface area contributed by atoms with E-state index in [1.54, 1.807) is 0 Å². The molecular formula is C17H25NO4. The highest BCUT2D eigenvalue weighted by Crippen LogP contribution is 2.18. The van der Waals surface area contributed by atoms with Gasteiger partial charge in [0.15, 0.2) is 0 Å². The van der Waals surface area contributed by atoms with Crippen LogP contribution in [0.5, 0.6) is 5.75 Å². The van der Waals surface area contributed by atoms with Crippen LogP contribution in [0.25, 0.3) is 0 Å². The number of hydrogen-bond donors (Lipinski definition) is 2.